The highest BCUT2D eigenvalue weighted by Gasteiger charge is 2.24. The second-order valence-electron chi connectivity index (χ2n) is 9.51. The molecule has 178 valence electrons. The number of pyridine rings is 1. The number of methoxy groups -OCH3 is 1. The van der Waals surface area contributed by atoms with Gasteiger partial charge >= 0.3 is 6.03 Å². The molecule has 1 aromatic heterocycles. The summed E-state index contributed by atoms with van der Waals surface area (Å²) in [6, 6.07) is 18.5. The molecule has 0 aliphatic carbocycles. The third kappa shape index (κ3) is 5.33. The van der Waals surface area contributed by atoms with Gasteiger partial charge in [-0.3, -0.25) is 9.88 Å². The minimum absolute atomic E-state index is 0.0257. The van der Waals surface area contributed by atoms with E-state index in [0.717, 1.165) is 60.5 Å². The van der Waals surface area contributed by atoms with Crippen molar-refractivity contribution in [1.82, 2.24) is 14.8 Å². The van der Waals surface area contributed by atoms with E-state index in [1.165, 1.54) is 37.9 Å². The first-order valence-electron chi connectivity index (χ1n) is 12.5. The van der Waals surface area contributed by atoms with Gasteiger partial charge in [-0.15, -0.1) is 0 Å². The number of nitrogens with zero attached hydrogens (tertiary/aromatic N) is 3. The molecule has 2 fully saturated rings. The molecule has 0 spiro atoms. The summed E-state index contributed by atoms with van der Waals surface area (Å²) in [5.74, 6) is 1.37. The van der Waals surface area contributed by atoms with E-state index in [1.54, 1.807) is 7.11 Å². The average molecular weight is 459 g/mol. The normalized spacial score (nSPS) is 17.6. The third-order valence-corrected chi connectivity index (χ3v) is 7.20. The van der Waals surface area contributed by atoms with Crippen molar-refractivity contribution in [2.45, 2.75) is 44.6 Å². The van der Waals surface area contributed by atoms with Crippen LogP contribution in [0.1, 0.15) is 49.3 Å². The molecule has 0 radical (unpaired) electrons. The predicted molar refractivity (Wildman–Crippen MR) is 136 cm³/mol. The van der Waals surface area contributed by atoms with E-state index in [-0.39, 0.29) is 6.03 Å². The minimum Gasteiger partial charge on any atom is -0.497 e. The van der Waals surface area contributed by atoms with Crippen molar-refractivity contribution in [2.24, 2.45) is 0 Å². The maximum absolute atomic E-state index is 12.9. The Hall–Kier alpha value is -3.12. The maximum atomic E-state index is 12.9. The van der Waals surface area contributed by atoms with Crippen LogP contribution in [0.5, 0.6) is 5.75 Å². The summed E-state index contributed by atoms with van der Waals surface area (Å²) in [5, 5.41) is 4.14. The number of piperidine rings is 2. The molecule has 3 aromatic rings. The van der Waals surface area contributed by atoms with Crippen molar-refractivity contribution in [2.75, 3.05) is 38.6 Å². The van der Waals surface area contributed by atoms with Gasteiger partial charge in [-0.2, -0.15) is 0 Å². The van der Waals surface area contributed by atoms with Gasteiger partial charge in [0.05, 0.1) is 18.3 Å². The SMILES string of the molecule is COc1ccc(C2CCN(C(=O)Nc3ccc4nc(CN5CCCCC5)ccc4c3)CC2)cc1. The molecule has 2 amide bonds. The van der Waals surface area contributed by atoms with E-state index in [9.17, 15) is 4.79 Å². The summed E-state index contributed by atoms with van der Waals surface area (Å²) in [6.07, 6.45) is 5.87. The van der Waals surface area contributed by atoms with Gasteiger partial charge in [-0.1, -0.05) is 24.6 Å². The molecular formula is C28H34N4O2. The van der Waals surface area contributed by atoms with Crippen LogP contribution in [-0.4, -0.2) is 54.1 Å². The summed E-state index contributed by atoms with van der Waals surface area (Å²) >= 11 is 0. The van der Waals surface area contributed by atoms with Crippen LogP contribution in [0.25, 0.3) is 10.9 Å². The highest BCUT2D eigenvalue weighted by atomic mass is 16.5. The van der Waals surface area contributed by atoms with Gasteiger partial charge in [0.15, 0.2) is 0 Å². The Bertz CT molecular complexity index is 1120. The molecule has 0 unspecified atom stereocenters. The number of amides is 2. The number of likely N-dealkylation sites (tertiary alicyclic amines) is 2. The Labute approximate surface area is 201 Å². The summed E-state index contributed by atoms with van der Waals surface area (Å²) < 4.78 is 5.26. The van der Waals surface area contributed by atoms with Crippen LogP contribution in [0.2, 0.25) is 0 Å². The molecule has 6 nitrogen and oxygen atoms in total. The smallest absolute Gasteiger partial charge is 0.321 e. The predicted octanol–water partition coefficient (Wildman–Crippen LogP) is 5.64. The zero-order chi connectivity index (χ0) is 23.3. The molecule has 1 N–H and O–H groups in total. The topological polar surface area (TPSA) is 57.7 Å². The number of urea groups is 1. The molecule has 2 saturated heterocycles. The van der Waals surface area contributed by atoms with Gasteiger partial charge in [0.25, 0.3) is 0 Å². The Morgan fingerprint density at radius 3 is 2.47 bits per heavy atom. The second kappa shape index (κ2) is 10.4. The molecule has 6 heteroatoms. The van der Waals surface area contributed by atoms with E-state index in [2.05, 4.69) is 34.5 Å². The number of aromatic nitrogens is 1. The number of carbonyl (C=O) groups excluding carboxylic acids is 1. The fraction of sp³-hybridized carbons (Fsp3) is 0.429. The highest BCUT2D eigenvalue weighted by Crippen LogP contribution is 2.29. The Morgan fingerprint density at radius 2 is 1.74 bits per heavy atom. The molecular weight excluding hydrogens is 424 g/mol. The molecule has 3 heterocycles. The third-order valence-electron chi connectivity index (χ3n) is 7.20. The van der Waals surface area contributed by atoms with Crippen LogP contribution >= 0.6 is 0 Å². The molecule has 2 aromatic carbocycles. The van der Waals surface area contributed by atoms with Gasteiger partial charge in [0.2, 0.25) is 0 Å². The Balaban J connectivity index is 1.16. The number of anilines is 1. The summed E-state index contributed by atoms with van der Waals surface area (Å²) in [4.78, 5) is 22.1. The number of hydrogen-bond acceptors (Lipinski definition) is 4. The monoisotopic (exact) mass is 458 g/mol. The van der Waals surface area contributed by atoms with Crippen LogP contribution in [-0.2, 0) is 6.54 Å². The number of rotatable bonds is 5. The first kappa shape index (κ1) is 22.7. The van der Waals surface area contributed by atoms with Crippen LogP contribution in [0, 0.1) is 0 Å². The number of benzene rings is 2. The lowest BCUT2D eigenvalue weighted by atomic mass is 9.89. The van der Waals surface area contributed by atoms with Crippen LogP contribution in [0.3, 0.4) is 0 Å². The molecule has 2 aliphatic rings. The zero-order valence-electron chi connectivity index (χ0n) is 20.0. The van der Waals surface area contributed by atoms with Gasteiger partial charge < -0.3 is 15.0 Å². The number of carbonyl (C=O) groups is 1. The van der Waals surface area contributed by atoms with E-state index in [4.69, 9.17) is 9.72 Å². The zero-order valence-corrected chi connectivity index (χ0v) is 20.0. The van der Waals surface area contributed by atoms with Gasteiger partial charge in [0, 0.05) is 30.7 Å². The Kier molecular flexibility index (Phi) is 6.95. The summed E-state index contributed by atoms with van der Waals surface area (Å²) in [7, 11) is 1.69. The van der Waals surface area contributed by atoms with Crippen molar-refractivity contribution < 1.29 is 9.53 Å². The van der Waals surface area contributed by atoms with E-state index < -0.39 is 0 Å². The first-order valence-corrected chi connectivity index (χ1v) is 12.5. The van der Waals surface area contributed by atoms with Crippen molar-refractivity contribution in [3.63, 3.8) is 0 Å². The fourth-order valence-corrected chi connectivity index (χ4v) is 5.17. The summed E-state index contributed by atoms with van der Waals surface area (Å²) in [5.41, 5.74) is 4.24. The molecule has 34 heavy (non-hydrogen) atoms. The van der Waals surface area contributed by atoms with Crippen molar-refractivity contribution >= 4 is 22.6 Å². The minimum atomic E-state index is -0.0257. The van der Waals surface area contributed by atoms with Crippen LogP contribution in [0.15, 0.2) is 54.6 Å². The van der Waals surface area contributed by atoms with E-state index >= 15 is 0 Å². The van der Waals surface area contributed by atoms with Crippen molar-refractivity contribution in [1.29, 1.82) is 0 Å². The lowest BCUT2D eigenvalue weighted by molar-refractivity contribution is 0.194. The number of fused-ring (bicyclic) bond motifs is 1. The number of ether oxygens (including phenoxy) is 1. The summed E-state index contributed by atoms with van der Waals surface area (Å²) in [6.45, 7) is 4.78. The standard InChI is InChI=1S/C28H34N4O2/c1-34-26-10-6-21(7-11-26)22-13-17-32(18-14-22)28(33)30-24-9-12-27-23(19-24)5-8-25(29-27)20-31-15-3-2-4-16-31/h5-12,19,22H,2-4,13-18,20H2,1H3,(H,30,33). The first-order chi connectivity index (χ1) is 16.7. The Morgan fingerprint density at radius 1 is 0.971 bits per heavy atom. The fourth-order valence-electron chi connectivity index (χ4n) is 5.17. The molecule has 0 saturated carbocycles. The van der Waals surface area contributed by atoms with E-state index in [1.807, 2.05) is 35.2 Å². The maximum Gasteiger partial charge on any atom is 0.321 e. The van der Waals surface area contributed by atoms with Gasteiger partial charge in [-0.25, -0.2) is 4.79 Å². The van der Waals surface area contributed by atoms with Crippen LogP contribution < -0.4 is 10.1 Å². The molecule has 2 aliphatic heterocycles. The average Bonchev–Trinajstić information content (AvgIpc) is 2.89. The lowest BCUT2D eigenvalue weighted by Gasteiger charge is -2.32. The van der Waals surface area contributed by atoms with Gasteiger partial charge in [0.1, 0.15) is 5.75 Å². The lowest BCUT2D eigenvalue weighted by Crippen LogP contribution is -2.40. The van der Waals surface area contributed by atoms with Crippen molar-refractivity contribution in [3.8, 4) is 5.75 Å². The molecule has 5 rings (SSSR count). The van der Waals surface area contributed by atoms with E-state index in [0.29, 0.717) is 5.92 Å². The number of hydrogen-bond donors (Lipinski definition) is 1. The van der Waals surface area contributed by atoms with Crippen LogP contribution in [0.4, 0.5) is 10.5 Å². The highest BCUT2D eigenvalue weighted by molar-refractivity contribution is 5.92. The largest absolute Gasteiger partial charge is 0.497 e. The van der Waals surface area contributed by atoms with Crippen molar-refractivity contribution in [3.05, 3.63) is 65.9 Å². The number of nitrogens with one attached hydrogen (secondary N) is 1. The molecule has 0 bridgehead atoms. The second-order valence-corrected chi connectivity index (χ2v) is 9.51. The molecule has 0 atom stereocenters. The van der Waals surface area contributed by atoms with Gasteiger partial charge in [-0.05, 0) is 86.7 Å². The quantitative estimate of drug-likeness (QED) is 0.537.